The lowest BCUT2D eigenvalue weighted by atomic mass is 9.92. The second-order valence-corrected chi connectivity index (χ2v) is 7.65. The quantitative estimate of drug-likeness (QED) is 0.494. The molecule has 10 heteroatoms. The van der Waals surface area contributed by atoms with Crippen LogP contribution in [0.4, 0.5) is 0 Å². The highest BCUT2D eigenvalue weighted by Crippen LogP contribution is 2.39. The highest BCUT2D eigenvalue weighted by Gasteiger charge is 2.29. The van der Waals surface area contributed by atoms with E-state index in [-0.39, 0.29) is 19.0 Å². The Kier molecular flexibility index (Phi) is 6.31. The van der Waals surface area contributed by atoms with E-state index < -0.39 is 23.1 Å². The predicted molar refractivity (Wildman–Crippen MR) is 111 cm³/mol. The van der Waals surface area contributed by atoms with Crippen LogP contribution < -0.4 is 14.9 Å². The lowest BCUT2D eigenvalue weighted by Gasteiger charge is -2.32. The van der Waals surface area contributed by atoms with Crippen molar-refractivity contribution in [2.45, 2.75) is 18.9 Å². The number of carbonyl (C=O) groups is 2. The minimum absolute atomic E-state index is 0.0108. The summed E-state index contributed by atoms with van der Waals surface area (Å²) in [6, 6.07) is 6.37. The summed E-state index contributed by atoms with van der Waals surface area (Å²) in [5.41, 5.74) is 0.0123. The smallest absolute Gasteiger partial charge is 0.306 e. The van der Waals surface area contributed by atoms with Crippen molar-refractivity contribution in [1.82, 2.24) is 9.80 Å². The van der Waals surface area contributed by atoms with E-state index in [0.29, 0.717) is 55.5 Å². The lowest BCUT2D eigenvalue weighted by molar-refractivity contribution is -0.141. The maximum absolute atomic E-state index is 12.5. The van der Waals surface area contributed by atoms with Gasteiger partial charge in [0.15, 0.2) is 17.3 Å². The van der Waals surface area contributed by atoms with Crippen LogP contribution in [-0.4, -0.2) is 67.4 Å². The number of esters is 1. The molecule has 0 saturated carbocycles. The zero-order chi connectivity index (χ0) is 22.7. The van der Waals surface area contributed by atoms with Gasteiger partial charge in [0.1, 0.15) is 5.76 Å². The first-order valence-corrected chi connectivity index (χ1v) is 10.2. The summed E-state index contributed by atoms with van der Waals surface area (Å²) in [7, 11) is 1.27. The monoisotopic (exact) mass is 444 g/mol. The summed E-state index contributed by atoms with van der Waals surface area (Å²) < 4.78 is 21.6. The largest absolute Gasteiger partial charge is 0.502 e. The third-order valence-corrected chi connectivity index (χ3v) is 5.65. The molecule has 1 N–H and O–H groups in total. The lowest BCUT2D eigenvalue weighted by Crippen LogP contribution is -2.45. The summed E-state index contributed by atoms with van der Waals surface area (Å²) in [6.45, 7) is 2.86. The topological polar surface area (TPSA) is 119 Å². The maximum Gasteiger partial charge on any atom is 0.306 e. The maximum atomic E-state index is 12.5. The molecule has 170 valence electrons. The Hall–Kier alpha value is -3.53. The summed E-state index contributed by atoms with van der Waals surface area (Å²) in [6.07, 6.45) is 0.674. The van der Waals surface area contributed by atoms with Crippen LogP contribution in [0.15, 0.2) is 33.5 Å². The van der Waals surface area contributed by atoms with Gasteiger partial charge in [0, 0.05) is 32.2 Å². The fraction of sp³-hybridized carbons (Fsp3) is 0.409. The van der Waals surface area contributed by atoms with Crippen LogP contribution in [0.25, 0.3) is 0 Å². The molecular formula is C22H24N2O8. The Balaban J connectivity index is 1.66. The molecule has 1 amide bonds. The molecule has 0 spiro atoms. The van der Waals surface area contributed by atoms with Crippen LogP contribution >= 0.6 is 0 Å². The van der Waals surface area contributed by atoms with Gasteiger partial charge in [-0.05, 0) is 17.7 Å². The van der Waals surface area contributed by atoms with Crippen molar-refractivity contribution >= 4 is 12.4 Å². The van der Waals surface area contributed by atoms with Crippen LogP contribution in [-0.2, 0) is 20.9 Å². The molecule has 1 atom stereocenters. The van der Waals surface area contributed by atoms with Gasteiger partial charge in [-0.1, -0.05) is 6.07 Å². The normalized spacial score (nSPS) is 16.6. The van der Waals surface area contributed by atoms with Gasteiger partial charge in [0.05, 0.1) is 26.0 Å². The van der Waals surface area contributed by atoms with Gasteiger partial charge in [0.25, 0.3) is 0 Å². The Morgan fingerprint density at radius 2 is 1.94 bits per heavy atom. The minimum Gasteiger partial charge on any atom is -0.502 e. The van der Waals surface area contributed by atoms with Gasteiger partial charge in [-0.25, -0.2) is 0 Å². The first kappa shape index (κ1) is 21.7. The van der Waals surface area contributed by atoms with Gasteiger partial charge in [-0.3, -0.25) is 19.3 Å². The molecule has 3 heterocycles. The van der Waals surface area contributed by atoms with E-state index in [1.165, 1.54) is 13.2 Å². The summed E-state index contributed by atoms with van der Waals surface area (Å²) >= 11 is 0. The molecule has 0 unspecified atom stereocenters. The van der Waals surface area contributed by atoms with Gasteiger partial charge < -0.3 is 28.6 Å². The number of rotatable bonds is 7. The average molecular weight is 444 g/mol. The van der Waals surface area contributed by atoms with Gasteiger partial charge in [-0.2, -0.15) is 0 Å². The van der Waals surface area contributed by atoms with Gasteiger partial charge in [0.2, 0.25) is 24.4 Å². The van der Waals surface area contributed by atoms with E-state index in [2.05, 4.69) is 4.90 Å². The van der Waals surface area contributed by atoms with E-state index in [9.17, 15) is 19.5 Å². The van der Waals surface area contributed by atoms with E-state index in [0.717, 1.165) is 6.41 Å². The predicted octanol–water partition coefficient (Wildman–Crippen LogP) is 1.04. The molecule has 32 heavy (non-hydrogen) atoms. The number of fused-ring (bicyclic) bond motifs is 1. The molecule has 4 rings (SSSR count). The Labute approximate surface area is 183 Å². The molecule has 1 aromatic carbocycles. The van der Waals surface area contributed by atoms with Crippen molar-refractivity contribution in [3.8, 4) is 17.2 Å². The van der Waals surface area contributed by atoms with Crippen molar-refractivity contribution in [3.63, 3.8) is 0 Å². The number of aromatic hydroxyl groups is 1. The first-order chi connectivity index (χ1) is 15.5. The van der Waals surface area contributed by atoms with Crippen LogP contribution in [0, 0.1) is 0 Å². The first-order valence-electron chi connectivity index (χ1n) is 10.2. The molecule has 10 nitrogen and oxygen atoms in total. The Bertz CT molecular complexity index is 1060. The summed E-state index contributed by atoms with van der Waals surface area (Å²) in [5, 5.41) is 10.5. The molecule has 2 aromatic rings. The van der Waals surface area contributed by atoms with E-state index in [1.54, 1.807) is 23.1 Å². The van der Waals surface area contributed by atoms with Crippen molar-refractivity contribution in [2.24, 2.45) is 0 Å². The van der Waals surface area contributed by atoms with Crippen molar-refractivity contribution in [1.29, 1.82) is 0 Å². The van der Waals surface area contributed by atoms with Gasteiger partial charge >= 0.3 is 5.97 Å². The number of benzene rings is 1. The standard InChI is InChI=1S/C22H24N2O8/c1-29-20(27)10-16(14-2-3-18-19(8-14)31-13-30-18)22-21(28)17(26)9-15(32-22)11-23-4-6-24(12-25)7-5-23/h2-3,8-9,12,16,28H,4-7,10-11,13H2,1H3/t16-/m0/s1. The van der Waals surface area contributed by atoms with Crippen LogP contribution in [0.3, 0.4) is 0 Å². The number of nitrogens with zero attached hydrogens (tertiary/aromatic N) is 2. The SMILES string of the molecule is COC(=O)C[C@@H](c1ccc2c(c1)OCO2)c1oc(CN2CCN(C=O)CC2)cc(=O)c1O. The van der Waals surface area contributed by atoms with Gasteiger partial charge in [-0.15, -0.1) is 0 Å². The number of piperazine rings is 1. The fourth-order valence-corrected chi connectivity index (χ4v) is 3.86. The molecule has 0 bridgehead atoms. The summed E-state index contributed by atoms with van der Waals surface area (Å²) in [5.74, 6) is -0.420. The van der Waals surface area contributed by atoms with E-state index in [4.69, 9.17) is 18.6 Å². The average Bonchev–Trinajstić information content (AvgIpc) is 3.28. The molecule has 1 aromatic heterocycles. The number of hydrogen-bond acceptors (Lipinski definition) is 9. The molecule has 1 fully saturated rings. The molecular weight excluding hydrogens is 420 g/mol. The molecule has 1 saturated heterocycles. The highest BCUT2D eigenvalue weighted by molar-refractivity contribution is 5.71. The van der Waals surface area contributed by atoms with Crippen LogP contribution in [0.2, 0.25) is 0 Å². The van der Waals surface area contributed by atoms with E-state index >= 15 is 0 Å². The van der Waals surface area contributed by atoms with E-state index in [1.807, 2.05) is 0 Å². The number of carbonyl (C=O) groups excluding carboxylic acids is 2. The third-order valence-electron chi connectivity index (χ3n) is 5.65. The Morgan fingerprint density at radius 3 is 2.66 bits per heavy atom. The minimum atomic E-state index is -0.767. The number of hydrogen-bond donors (Lipinski definition) is 1. The summed E-state index contributed by atoms with van der Waals surface area (Å²) in [4.78, 5) is 39.3. The molecule has 0 aliphatic carbocycles. The zero-order valence-electron chi connectivity index (χ0n) is 17.6. The molecule has 0 radical (unpaired) electrons. The second kappa shape index (κ2) is 9.31. The van der Waals surface area contributed by atoms with Crippen LogP contribution in [0.1, 0.15) is 29.4 Å². The zero-order valence-corrected chi connectivity index (χ0v) is 17.6. The number of methoxy groups -OCH3 is 1. The van der Waals surface area contributed by atoms with Crippen molar-refractivity contribution in [3.05, 3.63) is 51.6 Å². The Morgan fingerprint density at radius 1 is 1.19 bits per heavy atom. The fourth-order valence-electron chi connectivity index (χ4n) is 3.86. The van der Waals surface area contributed by atoms with Crippen LogP contribution in [0.5, 0.6) is 17.2 Å². The second-order valence-electron chi connectivity index (χ2n) is 7.65. The van der Waals surface area contributed by atoms with Crippen molar-refractivity contribution in [2.75, 3.05) is 40.1 Å². The number of ether oxygens (including phenoxy) is 3. The molecule has 2 aliphatic heterocycles. The highest BCUT2D eigenvalue weighted by atomic mass is 16.7. The third kappa shape index (κ3) is 4.54. The number of amides is 1. The molecule has 2 aliphatic rings. The van der Waals surface area contributed by atoms with Crippen molar-refractivity contribution < 1.29 is 33.3 Å².